The molecule has 0 spiro atoms. The Kier molecular flexibility index (Phi) is 5.66. The van der Waals surface area contributed by atoms with Crippen LogP contribution in [-0.4, -0.2) is 58.4 Å². The number of hydrogen-bond donors (Lipinski definition) is 3. The molecule has 1 fully saturated rings. The van der Waals surface area contributed by atoms with E-state index in [1.807, 2.05) is 0 Å². The molecule has 1 saturated heterocycles. The predicted molar refractivity (Wildman–Crippen MR) is 111 cm³/mol. The van der Waals surface area contributed by atoms with Crippen LogP contribution in [0.4, 0.5) is 10.1 Å². The van der Waals surface area contributed by atoms with Crippen LogP contribution in [0.1, 0.15) is 5.56 Å². The van der Waals surface area contributed by atoms with E-state index in [2.05, 4.69) is 25.1 Å². The standard InChI is InChI=1S/C20H21ClFN5O2/c21-15-2-1-3-16(22)14(15)11-26-6-8-27(9-7-26)12-19(28)23-13-4-5-17-18(10-13)25-20(29)24-17/h1-5,10H,6-9,11-12H2,(H,23,28)(H2,24,25,29). The molecular formula is C20H21ClFN5O2. The highest BCUT2D eigenvalue weighted by Gasteiger charge is 2.21. The van der Waals surface area contributed by atoms with Gasteiger partial charge in [0.25, 0.3) is 0 Å². The van der Waals surface area contributed by atoms with Gasteiger partial charge in [-0.15, -0.1) is 0 Å². The summed E-state index contributed by atoms with van der Waals surface area (Å²) in [5, 5.41) is 3.30. The van der Waals surface area contributed by atoms with Gasteiger partial charge < -0.3 is 15.3 Å². The van der Waals surface area contributed by atoms with Crippen LogP contribution in [0.3, 0.4) is 0 Å². The maximum Gasteiger partial charge on any atom is 0.323 e. The average molecular weight is 418 g/mol. The van der Waals surface area contributed by atoms with Gasteiger partial charge in [0.05, 0.1) is 17.6 Å². The van der Waals surface area contributed by atoms with Gasteiger partial charge in [0.15, 0.2) is 0 Å². The van der Waals surface area contributed by atoms with Crippen molar-refractivity contribution in [3.8, 4) is 0 Å². The molecule has 3 N–H and O–H groups in total. The number of fused-ring (bicyclic) bond motifs is 1. The van der Waals surface area contributed by atoms with Crippen molar-refractivity contribution in [2.75, 3.05) is 38.0 Å². The number of aromatic nitrogens is 2. The van der Waals surface area contributed by atoms with Gasteiger partial charge in [-0.25, -0.2) is 9.18 Å². The molecule has 0 aliphatic carbocycles. The number of hydrogen-bond acceptors (Lipinski definition) is 4. The number of halogens is 2. The van der Waals surface area contributed by atoms with Crippen molar-refractivity contribution in [1.82, 2.24) is 19.8 Å². The Hall–Kier alpha value is -2.68. The number of piperazine rings is 1. The van der Waals surface area contributed by atoms with Gasteiger partial charge in [0.1, 0.15) is 5.82 Å². The van der Waals surface area contributed by atoms with Crippen LogP contribution in [0.2, 0.25) is 5.02 Å². The first-order chi connectivity index (χ1) is 14.0. The Morgan fingerprint density at radius 3 is 2.55 bits per heavy atom. The largest absolute Gasteiger partial charge is 0.325 e. The predicted octanol–water partition coefficient (Wildman–Crippen LogP) is 2.40. The minimum absolute atomic E-state index is 0.118. The number of aromatic amines is 2. The molecule has 0 atom stereocenters. The molecule has 0 saturated carbocycles. The van der Waals surface area contributed by atoms with E-state index in [1.165, 1.54) is 6.07 Å². The molecule has 2 aromatic carbocycles. The molecule has 4 rings (SSSR count). The number of imidazole rings is 1. The molecular weight excluding hydrogens is 397 g/mol. The Balaban J connectivity index is 1.28. The van der Waals surface area contributed by atoms with Gasteiger partial charge in [0, 0.05) is 49.0 Å². The molecule has 9 heteroatoms. The summed E-state index contributed by atoms with van der Waals surface area (Å²) < 4.78 is 14.0. The average Bonchev–Trinajstić information content (AvgIpc) is 3.05. The number of nitrogens with zero attached hydrogens (tertiary/aromatic N) is 2. The first-order valence-electron chi connectivity index (χ1n) is 9.37. The fraction of sp³-hybridized carbons (Fsp3) is 0.300. The number of carbonyl (C=O) groups is 1. The zero-order valence-corrected chi connectivity index (χ0v) is 16.4. The van der Waals surface area contributed by atoms with Crippen molar-refractivity contribution in [1.29, 1.82) is 0 Å². The summed E-state index contributed by atoms with van der Waals surface area (Å²) in [5.41, 5.74) is 2.20. The Morgan fingerprint density at radius 2 is 1.79 bits per heavy atom. The van der Waals surface area contributed by atoms with E-state index in [-0.39, 0.29) is 24.0 Å². The summed E-state index contributed by atoms with van der Waals surface area (Å²) in [6, 6.07) is 9.93. The summed E-state index contributed by atoms with van der Waals surface area (Å²) in [7, 11) is 0. The van der Waals surface area contributed by atoms with Crippen LogP contribution in [0.25, 0.3) is 11.0 Å². The molecule has 2 heterocycles. The van der Waals surface area contributed by atoms with Gasteiger partial charge in [-0.05, 0) is 30.3 Å². The minimum Gasteiger partial charge on any atom is -0.325 e. The number of amides is 1. The summed E-state index contributed by atoms with van der Waals surface area (Å²) >= 11 is 6.11. The number of carbonyl (C=O) groups excluding carboxylic acids is 1. The van der Waals surface area contributed by atoms with E-state index in [0.717, 1.165) is 13.1 Å². The second-order valence-corrected chi connectivity index (χ2v) is 7.55. The lowest BCUT2D eigenvalue weighted by atomic mass is 10.2. The third kappa shape index (κ3) is 4.67. The van der Waals surface area contributed by atoms with Gasteiger partial charge in [-0.2, -0.15) is 0 Å². The van der Waals surface area contributed by atoms with Crippen LogP contribution in [0.5, 0.6) is 0 Å². The minimum atomic E-state index is -0.292. The highest BCUT2D eigenvalue weighted by atomic mass is 35.5. The molecule has 0 unspecified atom stereocenters. The quantitative estimate of drug-likeness (QED) is 0.595. The molecule has 0 radical (unpaired) electrons. The lowest BCUT2D eigenvalue weighted by Crippen LogP contribution is -2.48. The van der Waals surface area contributed by atoms with Crippen LogP contribution in [0, 0.1) is 5.82 Å². The SMILES string of the molecule is O=C(CN1CCN(Cc2c(F)cccc2Cl)CC1)Nc1ccc2[nH]c(=O)[nH]c2c1. The molecule has 152 valence electrons. The molecule has 1 aliphatic rings. The third-order valence-corrected chi connectivity index (χ3v) is 5.43. The molecule has 29 heavy (non-hydrogen) atoms. The maximum absolute atomic E-state index is 14.0. The topological polar surface area (TPSA) is 84.2 Å². The van der Waals surface area contributed by atoms with E-state index >= 15 is 0 Å². The molecule has 1 aromatic heterocycles. The molecule has 3 aromatic rings. The van der Waals surface area contributed by atoms with E-state index in [4.69, 9.17) is 11.6 Å². The molecule has 1 aliphatic heterocycles. The van der Waals surface area contributed by atoms with Crippen LogP contribution >= 0.6 is 11.6 Å². The van der Waals surface area contributed by atoms with Crippen molar-refractivity contribution in [3.05, 3.63) is 63.3 Å². The Bertz CT molecular complexity index is 1070. The van der Waals surface area contributed by atoms with E-state index in [0.29, 0.717) is 46.9 Å². The maximum atomic E-state index is 14.0. The molecule has 0 bridgehead atoms. The smallest absolute Gasteiger partial charge is 0.323 e. The van der Waals surface area contributed by atoms with Gasteiger partial charge in [0.2, 0.25) is 5.91 Å². The first-order valence-corrected chi connectivity index (χ1v) is 9.75. The van der Waals surface area contributed by atoms with E-state index in [9.17, 15) is 14.0 Å². The lowest BCUT2D eigenvalue weighted by Gasteiger charge is -2.34. The summed E-state index contributed by atoms with van der Waals surface area (Å²) in [6.07, 6.45) is 0. The number of anilines is 1. The number of rotatable bonds is 5. The van der Waals surface area contributed by atoms with E-state index in [1.54, 1.807) is 30.3 Å². The number of benzene rings is 2. The van der Waals surface area contributed by atoms with E-state index < -0.39 is 0 Å². The monoisotopic (exact) mass is 417 g/mol. The summed E-state index contributed by atoms with van der Waals surface area (Å²) in [4.78, 5) is 33.2. The Labute approximate surface area is 171 Å². The second kappa shape index (κ2) is 8.36. The van der Waals surface area contributed by atoms with Gasteiger partial charge >= 0.3 is 5.69 Å². The highest BCUT2D eigenvalue weighted by Crippen LogP contribution is 2.21. The fourth-order valence-electron chi connectivity index (χ4n) is 3.53. The zero-order chi connectivity index (χ0) is 20.4. The summed E-state index contributed by atoms with van der Waals surface area (Å²) in [6.45, 7) is 3.62. The lowest BCUT2D eigenvalue weighted by molar-refractivity contribution is -0.117. The zero-order valence-electron chi connectivity index (χ0n) is 15.7. The molecule has 1 amide bonds. The normalized spacial score (nSPS) is 15.7. The van der Waals surface area contributed by atoms with Gasteiger partial charge in [-0.1, -0.05) is 17.7 Å². The summed E-state index contributed by atoms with van der Waals surface area (Å²) in [5.74, 6) is -0.409. The van der Waals surface area contributed by atoms with Crippen molar-refractivity contribution < 1.29 is 9.18 Å². The third-order valence-electron chi connectivity index (χ3n) is 5.08. The second-order valence-electron chi connectivity index (χ2n) is 7.14. The van der Waals surface area contributed by atoms with Crippen molar-refractivity contribution in [2.45, 2.75) is 6.54 Å². The van der Waals surface area contributed by atoms with Crippen molar-refractivity contribution >= 4 is 34.2 Å². The first kappa shape index (κ1) is 19.6. The highest BCUT2D eigenvalue weighted by molar-refractivity contribution is 6.31. The Morgan fingerprint density at radius 1 is 1.07 bits per heavy atom. The number of H-pyrrole nitrogens is 2. The van der Waals surface area contributed by atoms with Gasteiger partial charge in [-0.3, -0.25) is 14.6 Å². The fourth-order valence-corrected chi connectivity index (χ4v) is 3.75. The number of nitrogens with one attached hydrogen (secondary N) is 3. The van der Waals surface area contributed by atoms with Crippen LogP contribution in [-0.2, 0) is 11.3 Å². The van der Waals surface area contributed by atoms with Crippen molar-refractivity contribution in [2.24, 2.45) is 0 Å². The van der Waals surface area contributed by atoms with Crippen LogP contribution in [0.15, 0.2) is 41.2 Å². The van der Waals surface area contributed by atoms with Crippen molar-refractivity contribution in [3.63, 3.8) is 0 Å². The molecule has 7 nitrogen and oxygen atoms in total. The van der Waals surface area contributed by atoms with Crippen LogP contribution < -0.4 is 11.0 Å².